The highest BCUT2D eigenvalue weighted by atomic mass is 127. The molecule has 136 valence electrons. The van der Waals surface area contributed by atoms with E-state index in [4.69, 9.17) is 0 Å². The maximum atomic E-state index is 11.9. The van der Waals surface area contributed by atoms with E-state index in [9.17, 15) is 4.79 Å². The van der Waals surface area contributed by atoms with Gasteiger partial charge in [0.05, 0.1) is 6.54 Å². The van der Waals surface area contributed by atoms with Gasteiger partial charge in [0, 0.05) is 24.9 Å². The Kier molecular flexibility index (Phi) is 11.9. The second-order valence-corrected chi connectivity index (χ2v) is 7.34. The minimum Gasteiger partial charge on any atom is -0.355 e. The van der Waals surface area contributed by atoms with Gasteiger partial charge in [-0.1, -0.05) is 30.3 Å². The average Bonchev–Trinajstić information content (AvgIpc) is 2.56. The number of nitrogens with zero attached hydrogens (tertiary/aromatic N) is 1. The van der Waals surface area contributed by atoms with Gasteiger partial charge in [0.1, 0.15) is 0 Å². The molecule has 5 nitrogen and oxygen atoms in total. The second-order valence-electron chi connectivity index (χ2n) is 5.83. The molecule has 0 aromatic heterocycles. The zero-order valence-corrected chi connectivity index (χ0v) is 18.0. The number of aliphatic imine (C=N–C) groups is 1. The quantitative estimate of drug-likeness (QED) is 0.314. The average molecular weight is 464 g/mol. The van der Waals surface area contributed by atoms with Crippen LogP contribution in [-0.4, -0.2) is 49.6 Å². The topological polar surface area (TPSA) is 65.5 Å². The van der Waals surface area contributed by atoms with Crippen molar-refractivity contribution in [1.29, 1.82) is 0 Å². The molecule has 1 aromatic rings. The third kappa shape index (κ3) is 10.0. The predicted molar refractivity (Wildman–Crippen MR) is 116 cm³/mol. The van der Waals surface area contributed by atoms with Crippen LogP contribution >= 0.6 is 35.7 Å². The standard InChI is InChI=1S/C17H28N4OS.HI/c1-17(2,23-4)13-21-16(18-3)20-12-15(22)19-11-10-14-8-6-5-7-9-14;/h5-9H,10-13H2,1-4H3,(H,19,22)(H2,18,20,21);1H. The van der Waals surface area contributed by atoms with E-state index in [0.29, 0.717) is 12.5 Å². The lowest BCUT2D eigenvalue weighted by atomic mass is 10.1. The second kappa shape index (κ2) is 12.4. The number of carbonyl (C=O) groups is 1. The van der Waals surface area contributed by atoms with Crippen molar-refractivity contribution in [2.75, 3.05) is 32.9 Å². The first-order valence-corrected chi connectivity index (χ1v) is 8.99. The molecule has 0 saturated heterocycles. The first-order chi connectivity index (χ1) is 11.0. The molecule has 0 bridgehead atoms. The summed E-state index contributed by atoms with van der Waals surface area (Å²) >= 11 is 1.79. The molecule has 24 heavy (non-hydrogen) atoms. The molecule has 1 aromatic carbocycles. The smallest absolute Gasteiger partial charge is 0.239 e. The van der Waals surface area contributed by atoms with Gasteiger partial charge in [-0.25, -0.2) is 0 Å². The summed E-state index contributed by atoms with van der Waals surface area (Å²) < 4.78 is 0.121. The number of amides is 1. The van der Waals surface area contributed by atoms with Gasteiger partial charge < -0.3 is 16.0 Å². The van der Waals surface area contributed by atoms with Gasteiger partial charge in [0.15, 0.2) is 5.96 Å². The van der Waals surface area contributed by atoms with Crippen LogP contribution in [0.4, 0.5) is 0 Å². The van der Waals surface area contributed by atoms with Gasteiger partial charge in [-0.15, -0.1) is 24.0 Å². The van der Waals surface area contributed by atoms with Crippen LogP contribution < -0.4 is 16.0 Å². The summed E-state index contributed by atoms with van der Waals surface area (Å²) in [4.78, 5) is 16.0. The van der Waals surface area contributed by atoms with Gasteiger partial charge in [0.2, 0.25) is 5.91 Å². The molecule has 0 aliphatic rings. The van der Waals surface area contributed by atoms with Gasteiger partial charge in [-0.3, -0.25) is 9.79 Å². The molecule has 0 spiro atoms. The fraction of sp³-hybridized carbons (Fsp3) is 0.529. The third-order valence-electron chi connectivity index (χ3n) is 3.45. The van der Waals surface area contributed by atoms with Crippen LogP contribution in [-0.2, 0) is 11.2 Å². The van der Waals surface area contributed by atoms with Crippen LogP contribution in [0.2, 0.25) is 0 Å². The van der Waals surface area contributed by atoms with Crippen LogP contribution in [0.3, 0.4) is 0 Å². The molecule has 0 unspecified atom stereocenters. The summed E-state index contributed by atoms with van der Waals surface area (Å²) in [5.74, 6) is 0.610. The number of nitrogens with one attached hydrogen (secondary N) is 3. The summed E-state index contributed by atoms with van der Waals surface area (Å²) in [5.41, 5.74) is 1.22. The lowest BCUT2D eigenvalue weighted by molar-refractivity contribution is -0.119. The monoisotopic (exact) mass is 464 g/mol. The molecule has 0 aliphatic heterocycles. The Bertz CT molecular complexity index is 509. The van der Waals surface area contributed by atoms with E-state index < -0.39 is 0 Å². The minimum atomic E-state index is -0.0343. The van der Waals surface area contributed by atoms with E-state index in [0.717, 1.165) is 13.0 Å². The molecule has 1 amide bonds. The molecule has 3 N–H and O–H groups in total. The number of benzene rings is 1. The maximum absolute atomic E-state index is 11.9. The Labute approximate surface area is 166 Å². The van der Waals surface area contributed by atoms with E-state index in [2.05, 4.69) is 53.2 Å². The van der Waals surface area contributed by atoms with E-state index in [1.54, 1.807) is 18.8 Å². The molecular formula is C17H29IN4OS. The van der Waals surface area contributed by atoms with Crippen molar-refractivity contribution in [3.05, 3.63) is 35.9 Å². The SMILES string of the molecule is CN=C(NCC(=O)NCCc1ccccc1)NCC(C)(C)SC.I. The number of guanidine groups is 1. The normalized spacial score (nSPS) is 11.4. The van der Waals surface area contributed by atoms with E-state index >= 15 is 0 Å². The van der Waals surface area contributed by atoms with Crippen molar-refractivity contribution in [2.24, 2.45) is 4.99 Å². The first-order valence-electron chi connectivity index (χ1n) is 7.77. The van der Waals surface area contributed by atoms with Gasteiger partial charge in [-0.05, 0) is 32.1 Å². The number of hydrogen-bond acceptors (Lipinski definition) is 3. The lowest BCUT2D eigenvalue weighted by Crippen LogP contribution is -2.46. The molecule has 0 heterocycles. The van der Waals surface area contributed by atoms with Crippen molar-refractivity contribution in [3.63, 3.8) is 0 Å². The fourth-order valence-corrected chi connectivity index (χ4v) is 2.02. The Balaban J connectivity index is 0.00000529. The van der Waals surface area contributed by atoms with Crippen molar-refractivity contribution in [3.8, 4) is 0 Å². The van der Waals surface area contributed by atoms with Crippen molar-refractivity contribution >= 4 is 47.6 Å². The number of carbonyl (C=O) groups excluding carboxylic acids is 1. The van der Waals surface area contributed by atoms with E-state index in [1.165, 1.54) is 5.56 Å². The van der Waals surface area contributed by atoms with Crippen LogP contribution in [0, 0.1) is 0 Å². The fourth-order valence-electron chi connectivity index (χ4n) is 1.81. The highest BCUT2D eigenvalue weighted by molar-refractivity contribution is 14.0. The van der Waals surface area contributed by atoms with Crippen molar-refractivity contribution in [1.82, 2.24) is 16.0 Å². The van der Waals surface area contributed by atoms with Gasteiger partial charge >= 0.3 is 0 Å². The van der Waals surface area contributed by atoms with E-state index in [1.807, 2.05) is 18.2 Å². The molecule has 0 atom stereocenters. The predicted octanol–water partition coefficient (Wildman–Crippen LogP) is 2.27. The number of hydrogen-bond donors (Lipinski definition) is 3. The Morgan fingerprint density at radius 3 is 2.42 bits per heavy atom. The number of thioether (sulfide) groups is 1. The summed E-state index contributed by atoms with van der Waals surface area (Å²) in [7, 11) is 1.70. The Morgan fingerprint density at radius 2 is 1.83 bits per heavy atom. The molecule has 7 heteroatoms. The van der Waals surface area contributed by atoms with Crippen LogP contribution in [0.15, 0.2) is 35.3 Å². The summed E-state index contributed by atoms with van der Waals surface area (Å²) in [6.45, 7) is 5.95. The van der Waals surface area contributed by atoms with Crippen molar-refractivity contribution < 1.29 is 4.79 Å². The molecular weight excluding hydrogens is 435 g/mol. The first kappa shape index (κ1) is 23.0. The summed E-state index contributed by atoms with van der Waals surface area (Å²) in [5, 5.41) is 9.17. The molecule has 0 aliphatic carbocycles. The third-order valence-corrected chi connectivity index (χ3v) is 4.70. The van der Waals surface area contributed by atoms with E-state index in [-0.39, 0.29) is 41.2 Å². The highest BCUT2D eigenvalue weighted by Crippen LogP contribution is 2.19. The zero-order chi connectivity index (χ0) is 17.1. The largest absolute Gasteiger partial charge is 0.355 e. The molecule has 0 saturated carbocycles. The lowest BCUT2D eigenvalue weighted by Gasteiger charge is -2.23. The Hall–Kier alpha value is -0.960. The van der Waals surface area contributed by atoms with Gasteiger partial charge in [-0.2, -0.15) is 11.8 Å². The van der Waals surface area contributed by atoms with Crippen LogP contribution in [0.25, 0.3) is 0 Å². The van der Waals surface area contributed by atoms with Gasteiger partial charge in [0.25, 0.3) is 0 Å². The Morgan fingerprint density at radius 1 is 1.17 bits per heavy atom. The maximum Gasteiger partial charge on any atom is 0.239 e. The molecule has 0 radical (unpaired) electrons. The minimum absolute atomic E-state index is 0. The summed E-state index contributed by atoms with van der Waals surface area (Å²) in [6, 6.07) is 10.1. The molecule has 1 rings (SSSR count). The zero-order valence-electron chi connectivity index (χ0n) is 14.9. The van der Waals surface area contributed by atoms with Crippen LogP contribution in [0.1, 0.15) is 19.4 Å². The summed E-state index contributed by atoms with van der Waals surface area (Å²) in [6.07, 6.45) is 2.92. The highest BCUT2D eigenvalue weighted by Gasteiger charge is 2.16. The number of rotatable bonds is 8. The molecule has 0 fully saturated rings. The van der Waals surface area contributed by atoms with Crippen molar-refractivity contribution in [2.45, 2.75) is 25.0 Å². The number of halogens is 1. The van der Waals surface area contributed by atoms with Crippen LogP contribution in [0.5, 0.6) is 0 Å².